The van der Waals surface area contributed by atoms with Crippen LogP contribution in [-0.4, -0.2) is 58.2 Å². The zero-order valence-electron chi connectivity index (χ0n) is 26.2. The molecule has 45 heavy (non-hydrogen) atoms. The molecule has 0 saturated carbocycles. The summed E-state index contributed by atoms with van der Waals surface area (Å²) in [6.07, 6.45) is 1.49. The number of aryl methyl sites for hydroxylation is 1. The van der Waals surface area contributed by atoms with Crippen molar-refractivity contribution >= 4 is 23.4 Å². The Morgan fingerprint density at radius 3 is 2.27 bits per heavy atom. The second-order valence-electron chi connectivity index (χ2n) is 10.8. The molecule has 0 spiro atoms. The lowest BCUT2D eigenvalue weighted by atomic mass is 9.95. The Kier molecular flexibility index (Phi) is 11.0. The zero-order chi connectivity index (χ0) is 32.5. The van der Waals surface area contributed by atoms with Crippen molar-refractivity contribution in [2.75, 3.05) is 39.7 Å². The molecule has 0 saturated heterocycles. The Morgan fingerprint density at radius 2 is 1.62 bits per heavy atom. The molecule has 0 aliphatic heterocycles. The number of benzene rings is 2. The molecule has 1 aliphatic carbocycles. The summed E-state index contributed by atoms with van der Waals surface area (Å²) in [4.78, 5) is 50.4. The summed E-state index contributed by atoms with van der Waals surface area (Å²) >= 11 is 0. The average Bonchev–Trinajstić information content (AvgIpc) is 3.26. The first kappa shape index (κ1) is 32.8. The summed E-state index contributed by atoms with van der Waals surface area (Å²) < 4.78 is 17.0. The molecule has 11 nitrogen and oxygen atoms in total. The maximum Gasteiger partial charge on any atom is 0.242 e. The van der Waals surface area contributed by atoms with E-state index in [1.807, 2.05) is 42.5 Å². The smallest absolute Gasteiger partial charge is 0.242 e. The molecule has 0 heterocycles. The molecular weight excluding hydrogens is 576 g/mol. The zero-order valence-corrected chi connectivity index (χ0v) is 26.2. The molecule has 0 bridgehead atoms. The number of ether oxygens (including phenoxy) is 3. The number of methoxy groups -OCH3 is 3. The van der Waals surface area contributed by atoms with Gasteiger partial charge in [0.1, 0.15) is 6.04 Å². The van der Waals surface area contributed by atoms with E-state index in [-0.39, 0.29) is 36.2 Å². The van der Waals surface area contributed by atoms with Gasteiger partial charge in [0.15, 0.2) is 11.5 Å². The Morgan fingerprint density at radius 1 is 0.889 bits per heavy atom. The van der Waals surface area contributed by atoms with Gasteiger partial charge in [0.05, 0.1) is 33.1 Å². The number of amides is 3. The second-order valence-corrected chi connectivity index (χ2v) is 10.8. The van der Waals surface area contributed by atoms with E-state index in [1.165, 1.54) is 27.0 Å². The first-order chi connectivity index (χ1) is 21.7. The molecular formula is C34H40N4O7. The molecule has 238 valence electrons. The van der Waals surface area contributed by atoms with Crippen LogP contribution in [0, 0.1) is 0 Å². The predicted octanol–water partition coefficient (Wildman–Crippen LogP) is 3.14. The van der Waals surface area contributed by atoms with Gasteiger partial charge in [-0.2, -0.15) is 0 Å². The Bertz CT molecular complexity index is 1610. The quantitative estimate of drug-likeness (QED) is 0.227. The van der Waals surface area contributed by atoms with Crippen LogP contribution in [0.1, 0.15) is 43.0 Å². The maximum absolute atomic E-state index is 13.5. The third-order valence-corrected chi connectivity index (χ3v) is 7.63. The third kappa shape index (κ3) is 7.91. The van der Waals surface area contributed by atoms with Crippen molar-refractivity contribution in [1.82, 2.24) is 16.0 Å². The number of nitrogens with one attached hydrogen (secondary N) is 4. The summed E-state index contributed by atoms with van der Waals surface area (Å²) in [5.41, 5.74) is 4.02. The molecule has 3 amide bonds. The van der Waals surface area contributed by atoms with Gasteiger partial charge >= 0.3 is 0 Å². The highest BCUT2D eigenvalue weighted by atomic mass is 16.5. The molecule has 1 aliphatic rings. The number of carbonyl (C=O) groups is 3. The van der Waals surface area contributed by atoms with Gasteiger partial charge in [0, 0.05) is 38.9 Å². The van der Waals surface area contributed by atoms with E-state index in [2.05, 4.69) is 21.3 Å². The molecule has 3 aromatic rings. The highest BCUT2D eigenvalue weighted by Gasteiger charge is 2.29. The van der Waals surface area contributed by atoms with Gasteiger partial charge in [-0.15, -0.1) is 0 Å². The van der Waals surface area contributed by atoms with Gasteiger partial charge in [-0.05, 0) is 53.3 Å². The molecule has 11 heteroatoms. The minimum absolute atomic E-state index is 0.211. The summed E-state index contributed by atoms with van der Waals surface area (Å²) in [5, 5.41) is 11.7. The van der Waals surface area contributed by atoms with Gasteiger partial charge in [-0.3, -0.25) is 19.2 Å². The number of fused-ring (bicyclic) bond motifs is 3. The fourth-order valence-electron chi connectivity index (χ4n) is 5.66. The van der Waals surface area contributed by atoms with Crippen LogP contribution < -0.4 is 40.9 Å². The third-order valence-electron chi connectivity index (χ3n) is 7.63. The molecule has 0 unspecified atom stereocenters. The van der Waals surface area contributed by atoms with E-state index < -0.39 is 12.1 Å². The van der Waals surface area contributed by atoms with Crippen LogP contribution in [0.5, 0.6) is 17.2 Å². The Hall–Kier alpha value is -5.06. The number of carbonyl (C=O) groups excluding carboxylic acids is 3. The average molecular weight is 617 g/mol. The normalized spacial score (nSPS) is 14.0. The van der Waals surface area contributed by atoms with Crippen LogP contribution in [0.25, 0.3) is 11.1 Å². The fraction of sp³-hybridized carbons (Fsp3) is 0.353. The lowest BCUT2D eigenvalue weighted by molar-refractivity contribution is -0.128. The number of rotatable bonds is 12. The van der Waals surface area contributed by atoms with Gasteiger partial charge in [0.25, 0.3) is 0 Å². The molecule has 0 radical (unpaired) electrons. The highest BCUT2D eigenvalue weighted by Crippen LogP contribution is 2.50. The SMILES string of the molecule is COc1cc2c(c(OC)c1OC)-c1ccc(NCCNC(=O)[C@H](Cc3ccccc3)NC(C)=O)c(=O)cc1[C@@H](NC(C)=O)CC2. The maximum atomic E-state index is 13.5. The predicted molar refractivity (Wildman–Crippen MR) is 172 cm³/mol. The molecule has 0 fully saturated rings. The van der Waals surface area contributed by atoms with Crippen molar-refractivity contribution in [1.29, 1.82) is 0 Å². The van der Waals surface area contributed by atoms with Crippen LogP contribution >= 0.6 is 0 Å². The topological polar surface area (TPSA) is 144 Å². The standard InChI is InChI=1S/C34H40N4O7/c1-20(39)37-26-13-11-23-18-30(43-3)32(44-4)33(45-5)31(23)24-12-14-27(29(41)19-25(24)26)35-15-16-36-34(42)28(38-21(2)40)17-22-9-7-6-8-10-22/h6-10,12,14,18-19,26,28H,11,13,15-17H2,1-5H3,(H,35,41)(H,36,42)(H,37,39)(H,38,40)/t26-,28-/m0/s1. The van der Waals surface area contributed by atoms with Crippen molar-refractivity contribution < 1.29 is 28.6 Å². The Balaban J connectivity index is 1.60. The van der Waals surface area contributed by atoms with Gasteiger partial charge in [-0.25, -0.2) is 0 Å². The van der Waals surface area contributed by atoms with Crippen molar-refractivity contribution in [2.45, 2.75) is 45.2 Å². The molecule has 4 N–H and O–H groups in total. The van der Waals surface area contributed by atoms with Gasteiger partial charge in [0.2, 0.25) is 28.9 Å². The summed E-state index contributed by atoms with van der Waals surface area (Å²) in [5.74, 6) is 0.578. The van der Waals surface area contributed by atoms with Crippen LogP contribution in [0.4, 0.5) is 5.69 Å². The van der Waals surface area contributed by atoms with E-state index >= 15 is 0 Å². The van der Waals surface area contributed by atoms with E-state index in [1.54, 1.807) is 20.3 Å². The lowest BCUT2D eigenvalue weighted by Crippen LogP contribution is -2.48. The minimum atomic E-state index is -0.735. The second kappa shape index (κ2) is 15.1. The Labute approximate surface area is 262 Å². The minimum Gasteiger partial charge on any atom is -0.493 e. The van der Waals surface area contributed by atoms with E-state index in [0.29, 0.717) is 47.8 Å². The van der Waals surface area contributed by atoms with Crippen molar-refractivity contribution in [3.8, 4) is 28.4 Å². The largest absolute Gasteiger partial charge is 0.493 e. The van der Waals surface area contributed by atoms with Gasteiger partial charge < -0.3 is 35.5 Å². The number of anilines is 1. The summed E-state index contributed by atoms with van der Waals surface area (Å²) in [6, 6.07) is 15.2. The molecule has 3 aromatic carbocycles. The van der Waals surface area contributed by atoms with Crippen molar-refractivity contribution in [3.63, 3.8) is 0 Å². The fourth-order valence-corrected chi connectivity index (χ4v) is 5.66. The van der Waals surface area contributed by atoms with E-state index in [9.17, 15) is 19.2 Å². The first-order valence-electron chi connectivity index (χ1n) is 14.8. The molecule has 2 atom stereocenters. The van der Waals surface area contributed by atoms with Crippen LogP contribution in [0.3, 0.4) is 0 Å². The summed E-state index contributed by atoms with van der Waals surface area (Å²) in [6.45, 7) is 3.29. The van der Waals surface area contributed by atoms with E-state index in [4.69, 9.17) is 14.2 Å². The molecule has 4 rings (SSSR count). The molecule has 0 aromatic heterocycles. The number of hydrogen-bond acceptors (Lipinski definition) is 8. The van der Waals surface area contributed by atoms with Gasteiger partial charge in [-0.1, -0.05) is 36.4 Å². The first-order valence-corrected chi connectivity index (χ1v) is 14.8. The van der Waals surface area contributed by atoms with Crippen molar-refractivity contribution in [3.05, 3.63) is 81.5 Å². The van der Waals surface area contributed by atoms with Crippen LogP contribution in [-0.2, 0) is 27.2 Å². The van der Waals surface area contributed by atoms with Crippen LogP contribution in [0.2, 0.25) is 0 Å². The number of hydrogen-bond donors (Lipinski definition) is 4. The summed E-state index contributed by atoms with van der Waals surface area (Å²) in [7, 11) is 4.64. The van der Waals surface area contributed by atoms with Crippen LogP contribution in [0.15, 0.2) is 59.4 Å². The van der Waals surface area contributed by atoms with Crippen molar-refractivity contribution in [2.24, 2.45) is 0 Å². The lowest BCUT2D eigenvalue weighted by Gasteiger charge is -2.19. The monoisotopic (exact) mass is 616 g/mol. The van der Waals surface area contributed by atoms with E-state index in [0.717, 1.165) is 22.3 Å². The highest BCUT2D eigenvalue weighted by molar-refractivity contribution is 5.87.